The molecule has 0 atom stereocenters. The molecule has 2 nitrogen and oxygen atoms in total. The zero-order valence-electron chi connectivity index (χ0n) is 11.7. The van der Waals surface area contributed by atoms with E-state index < -0.39 is 6.67 Å². The number of carbonyl (C=O) groups excluding carboxylic acids is 1. The minimum absolute atomic E-state index is 0.0543. The Morgan fingerprint density at radius 2 is 1.55 bits per heavy atom. The Bertz CT molecular complexity index is 921. The van der Waals surface area contributed by atoms with Crippen LogP contribution in [0.3, 0.4) is 0 Å². The van der Waals surface area contributed by atoms with E-state index in [1.807, 2.05) is 36.4 Å². The number of alkyl halides is 1. The van der Waals surface area contributed by atoms with Crippen LogP contribution in [0.4, 0.5) is 10.1 Å². The Labute approximate surface area is 126 Å². The van der Waals surface area contributed by atoms with Gasteiger partial charge in [-0.05, 0) is 23.1 Å². The third-order valence-corrected chi connectivity index (χ3v) is 3.95. The van der Waals surface area contributed by atoms with Gasteiger partial charge in [-0.2, -0.15) is 0 Å². The number of carbonyl (C=O) groups is 1. The van der Waals surface area contributed by atoms with Gasteiger partial charge in [-0.25, -0.2) is 9.38 Å². The molecule has 1 aliphatic rings. The van der Waals surface area contributed by atoms with Crippen LogP contribution >= 0.6 is 0 Å². The van der Waals surface area contributed by atoms with Crippen LogP contribution < -0.4 is 0 Å². The van der Waals surface area contributed by atoms with Gasteiger partial charge in [0.25, 0.3) is 0 Å². The second kappa shape index (κ2) is 4.88. The number of rotatable bonds is 2. The fraction of sp³-hybridized carbons (Fsp3) is 0.0526. The van der Waals surface area contributed by atoms with Crippen molar-refractivity contribution in [2.75, 3.05) is 0 Å². The minimum Gasteiger partial charge on any atom is -0.287 e. The van der Waals surface area contributed by atoms with Gasteiger partial charge in [0, 0.05) is 16.5 Å². The van der Waals surface area contributed by atoms with Crippen molar-refractivity contribution >= 4 is 28.0 Å². The van der Waals surface area contributed by atoms with Gasteiger partial charge >= 0.3 is 0 Å². The van der Waals surface area contributed by atoms with E-state index in [9.17, 15) is 9.18 Å². The summed E-state index contributed by atoms with van der Waals surface area (Å²) in [7, 11) is 0. The number of ketones is 1. The first kappa shape index (κ1) is 12.9. The summed E-state index contributed by atoms with van der Waals surface area (Å²) in [5.41, 5.74) is 3.29. The summed E-state index contributed by atoms with van der Waals surface area (Å²) in [6.45, 7) is -0.499. The highest BCUT2D eigenvalue weighted by molar-refractivity contribution is 6.59. The van der Waals surface area contributed by atoms with Crippen LogP contribution in [0.15, 0.2) is 65.7 Å². The Morgan fingerprint density at radius 3 is 2.23 bits per heavy atom. The van der Waals surface area contributed by atoms with E-state index in [-0.39, 0.29) is 5.78 Å². The van der Waals surface area contributed by atoms with Crippen molar-refractivity contribution in [1.29, 1.82) is 0 Å². The van der Waals surface area contributed by atoms with Gasteiger partial charge in [-0.3, -0.25) is 4.79 Å². The number of hydrogen-bond acceptors (Lipinski definition) is 2. The number of nitrogens with zero attached hydrogens (tertiary/aromatic N) is 1. The van der Waals surface area contributed by atoms with Crippen LogP contribution in [0, 0.1) is 0 Å². The van der Waals surface area contributed by atoms with Crippen LogP contribution in [0.2, 0.25) is 0 Å². The summed E-state index contributed by atoms with van der Waals surface area (Å²) in [5.74, 6) is -0.0543. The number of aliphatic imine (C=N–C) groups is 1. The molecular formula is C19H12FNO. The first-order valence-corrected chi connectivity index (χ1v) is 7.08. The summed E-state index contributed by atoms with van der Waals surface area (Å²) in [5, 5.41) is 2.01. The molecular weight excluding hydrogens is 277 g/mol. The first-order chi connectivity index (χ1) is 10.8. The number of benzene rings is 3. The monoisotopic (exact) mass is 289 g/mol. The maximum absolute atomic E-state index is 12.6. The lowest BCUT2D eigenvalue weighted by molar-refractivity contribution is 0.107. The summed E-state index contributed by atoms with van der Waals surface area (Å²) >= 11 is 0. The van der Waals surface area contributed by atoms with Gasteiger partial charge in [-0.1, -0.05) is 48.5 Å². The molecule has 3 heteroatoms. The van der Waals surface area contributed by atoms with Crippen molar-refractivity contribution < 1.29 is 9.18 Å². The van der Waals surface area contributed by atoms with E-state index in [2.05, 4.69) is 4.99 Å². The molecule has 0 radical (unpaired) electrons. The zero-order chi connectivity index (χ0) is 15.1. The Balaban J connectivity index is 1.89. The average molecular weight is 289 g/mol. The van der Waals surface area contributed by atoms with Gasteiger partial charge < -0.3 is 0 Å². The third kappa shape index (κ3) is 1.86. The van der Waals surface area contributed by atoms with Gasteiger partial charge in [0.2, 0.25) is 5.78 Å². The quantitative estimate of drug-likeness (QED) is 0.676. The lowest BCUT2D eigenvalue weighted by Gasteiger charge is -2.01. The second-order valence-corrected chi connectivity index (χ2v) is 5.30. The topological polar surface area (TPSA) is 29.4 Å². The van der Waals surface area contributed by atoms with Crippen LogP contribution in [-0.4, -0.2) is 11.5 Å². The van der Waals surface area contributed by atoms with Gasteiger partial charge in [-0.15, -0.1) is 0 Å². The second-order valence-electron chi connectivity index (χ2n) is 5.30. The number of Topliss-reactive ketones (excluding diaryl/α,β-unsaturated/α-hetero) is 1. The Hall–Kier alpha value is -2.81. The maximum atomic E-state index is 12.6. The molecule has 0 aliphatic heterocycles. The molecule has 22 heavy (non-hydrogen) atoms. The SMILES string of the molecule is O=C1C(=Nc2ccc(CF)cc2)c2cccc3cccc1c23. The van der Waals surface area contributed by atoms with Crippen molar-refractivity contribution in [2.24, 2.45) is 4.99 Å². The molecule has 3 aromatic carbocycles. The highest BCUT2D eigenvalue weighted by atomic mass is 19.1. The van der Waals surface area contributed by atoms with E-state index in [0.29, 0.717) is 22.5 Å². The molecule has 0 fully saturated rings. The van der Waals surface area contributed by atoms with Gasteiger partial charge in [0.1, 0.15) is 12.4 Å². The Kier molecular flexibility index (Phi) is 2.86. The van der Waals surface area contributed by atoms with Crippen LogP contribution in [0.25, 0.3) is 10.8 Å². The molecule has 4 rings (SSSR count). The van der Waals surface area contributed by atoms with E-state index >= 15 is 0 Å². The summed E-state index contributed by atoms with van der Waals surface area (Å²) in [6, 6.07) is 18.4. The highest BCUT2D eigenvalue weighted by Gasteiger charge is 2.28. The van der Waals surface area contributed by atoms with Crippen molar-refractivity contribution in [3.05, 3.63) is 77.4 Å². The molecule has 0 amide bonds. The van der Waals surface area contributed by atoms with Gasteiger partial charge in [0.05, 0.1) is 5.69 Å². The molecule has 0 heterocycles. The van der Waals surface area contributed by atoms with Gasteiger partial charge in [0.15, 0.2) is 0 Å². The molecule has 0 N–H and O–H groups in total. The van der Waals surface area contributed by atoms with Crippen LogP contribution in [0.5, 0.6) is 0 Å². The predicted octanol–water partition coefficient (Wildman–Crippen LogP) is 4.63. The number of halogens is 1. The Morgan fingerprint density at radius 1 is 0.864 bits per heavy atom. The smallest absolute Gasteiger partial charge is 0.212 e. The lowest BCUT2D eigenvalue weighted by atomic mass is 10.1. The molecule has 0 spiro atoms. The van der Waals surface area contributed by atoms with Crippen molar-refractivity contribution in [1.82, 2.24) is 0 Å². The highest BCUT2D eigenvalue weighted by Crippen LogP contribution is 2.32. The van der Waals surface area contributed by atoms with Crippen LogP contribution in [0.1, 0.15) is 21.5 Å². The molecule has 0 aromatic heterocycles. The first-order valence-electron chi connectivity index (χ1n) is 7.08. The summed E-state index contributed by atoms with van der Waals surface area (Å²) < 4.78 is 12.6. The summed E-state index contributed by atoms with van der Waals surface area (Å²) in [6.07, 6.45) is 0. The molecule has 0 saturated heterocycles. The third-order valence-electron chi connectivity index (χ3n) is 3.95. The van der Waals surface area contributed by atoms with E-state index in [0.717, 1.165) is 16.3 Å². The maximum Gasteiger partial charge on any atom is 0.212 e. The van der Waals surface area contributed by atoms with Crippen LogP contribution in [-0.2, 0) is 6.67 Å². The van der Waals surface area contributed by atoms with E-state index in [4.69, 9.17) is 0 Å². The number of hydrogen-bond donors (Lipinski definition) is 0. The average Bonchev–Trinajstić information content (AvgIpc) is 2.84. The van der Waals surface area contributed by atoms with E-state index in [1.165, 1.54) is 0 Å². The predicted molar refractivity (Wildman–Crippen MR) is 85.7 cm³/mol. The molecule has 0 saturated carbocycles. The molecule has 106 valence electrons. The van der Waals surface area contributed by atoms with E-state index in [1.54, 1.807) is 24.3 Å². The summed E-state index contributed by atoms with van der Waals surface area (Å²) in [4.78, 5) is 17.1. The van der Waals surface area contributed by atoms with Crippen molar-refractivity contribution in [2.45, 2.75) is 6.67 Å². The molecule has 0 unspecified atom stereocenters. The molecule has 3 aromatic rings. The van der Waals surface area contributed by atoms with Crippen molar-refractivity contribution in [3.63, 3.8) is 0 Å². The molecule has 1 aliphatic carbocycles. The fourth-order valence-corrected chi connectivity index (χ4v) is 2.88. The lowest BCUT2D eigenvalue weighted by Crippen LogP contribution is -2.08. The zero-order valence-corrected chi connectivity index (χ0v) is 11.7. The largest absolute Gasteiger partial charge is 0.287 e. The minimum atomic E-state index is -0.499. The normalized spacial score (nSPS) is 15.0. The van der Waals surface area contributed by atoms with Crippen molar-refractivity contribution in [3.8, 4) is 0 Å². The fourth-order valence-electron chi connectivity index (χ4n) is 2.88. The standard InChI is InChI=1S/C19H12FNO/c20-11-12-7-9-14(10-8-12)21-18-15-5-1-3-13-4-2-6-16(17(13)15)19(18)22/h1-10H,11H2. The molecule has 0 bridgehead atoms.